The second-order valence-corrected chi connectivity index (χ2v) is 6.76. The molecule has 6 heteroatoms. The Bertz CT molecular complexity index is 736. The summed E-state index contributed by atoms with van der Waals surface area (Å²) in [6.07, 6.45) is 5.46. The van der Waals surface area contributed by atoms with E-state index < -0.39 is 6.04 Å². The average Bonchev–Trinajstić information content (AvgIpc) is 2.71. The minimum Gasteiger partial charge on any atom is -0.352 e. The van der Waals surface area contributed by atoms with Crippen molar-refractivity contribution in [2.45, 2.75) is 31.8 Å². The fourth-order valence-electron chi connectivity index (χ4n) is 3.25. The molecule has 0 saturated carbocycles. The number of nitrogens with one attached hydrogen (secondary N) is 2. The van der Waals surface area contributed by atoms with E-state index in [1.807, 2.05) is 35.2 Å². The molecule has 1 saturated heterocycles. The number of hydrogen-bond donors (Lipinski definition) is 2. The van der Waals surface area contributed by atoms with E-state index in [0.717, 1.165) is 31.5 Å². The average molecular weight is 366 g/mol. The minimum absolute atomic E-state index is 0.0193. The van der Waals surface area contributed by atoms with Crippen molar-refractivity contribution in [3.05, 3.63) is 66.0 Å². The van der Waals surface area contributed by atoms with Gasteiger partial charge in [-0.2, -0.15) is 0 Å². The Morgan fingerprint density at radius 1 is 1.19 bits per heavy atom. The van der Waals surface area contributed by atoms with Gasteiger partial charge < -0.3 is 15.5 Å². The summed E-state index contributed by atoms with van der Waals surface area (Å²) < 4.78 is 0. The lowest BCUT2D eigenvalue weighted by Gasteiger charge is -2.33. The van der Waals surface area contributed by atoms with Crippen molar-refractivity contribution in [2.75, 3.05) is 19.6 Å². The Morgan fingerprint density at radius 2 is 2.00 bits per heavy atom. The van der Waals surface area contributed by atoms with Crippen molar-refractivity contribution >= 4 is 11.8 Å². The van der Waals surface area contributed by atoms with Crippen molar-refractivity contribution < 1.29 is 9.59 Å². The van der Waals surface area contributed by atoms with Gasteiger partial charge in [0.15, 0.2) is 0 Å². The lowest BCUT2D eigenvalue weighted by Crippen LogP contribution is -2.56. The minimum atomic E-state index is -0.440. The van der Waals surface area contributed by atoms with Gasteiger partial charge in [-0.25, -0.2) is 0 Å². The van der Waals surface area contributed by atoms with Gasteiger partial charge in [-0.05, 0) is 30.0 Å². The van der Waals surface area contributed by atoms with Crippen LogP contribution in [0.25, 0.3) is 0 Å². The maximum Gasteiger partial charge on any atom is 0.240 e. The van der Waals surface area contributed by atoms with E-state index in [1.54, 1.807) is 12.4 Å². The second-order valence-electron chi connectivity index (χ2n) is 6.76. The molecule has 3 rings (SSSR count). The number of hydrogen-bond acceptors (Lipinski definition) is 4. The molecule has 27 heavy (non-hydrogen) atoms. The second kappa shape index (κ2) is 9.83. The lowest BCUT2D eigenvalue weighted by molar-refractivity contribution is -0.138. The lowest BCUT2D eigenvalue weighted by atomic mass is 10.1. The van der Waals surface area contributed by atoms with Gasteiger partial charge in [0.25, 0.3) is 0 Å². The predicted octanol–water partition coefficient (Wildman–Crippen LogP) is 1.52. The van der Waals surface area contributed by atoms with Crippen LogP contribution in [-0.2, 0) is 22.6 Å². The van der Waals surface area contributed by atoms with Crippen LogP contribution in [0, 0.1) is 0 Å². The van der Waals surface area contributed by atoms with Gasteiger partial charge in [0.1, 0.15) is 0 Å². The smallest absolute Gasteiger partial charge is 0.240 e. The third-order valence-corrected chi connectivity index (χ3v) is 4.72. The topological polar surface area (TPSA) is 74.3 Å². The molecular formula is C21H26N4O2. The first kappa shape index (κ1) is 19.0. The molecule has 0 aliphatic carbocycles. The fraction of sp³-hybridized carbons (Fsp3) is 0.381. The van der Waals surface area contributed by atoms with E-state index in [0.29, 0.717) is 13.1 Å². The third kappa shape index (κ3) is 5.89. The largest absolute Gasteiger partial charge is 0.352 e. The molecule has 6 nitrogen and oxygen atoms in total. The molecule has 1 aromatic heterocycles. The van der Waals surface area contributed by atoms with E-state index in [4.69, 9.17) is 0 Å². The van der Waals surface area contributed by atoms with Gasteiger partial charge in [0.2, 0.25) is 11.8 Å². The Kier molecular flexibility index (Phi) is 6.93. The maximum atomic E-state index is 12.7. The summed E-state index contributed by atoms with van der Waals surface area (Å²) in [4.78, 5) is 30.7. The molecular weight excluding hydrogens is 340 g/mol. The molecule has 2 heterocycles. The van der Waals surface area contributed by atoms with Crippen LogP contribution >= 0.6 is 0 Å². The van der Waals surface area contributed by atoms with E-state index in [9.17, 15) is 9.59 Å². The molecule has 1 aliphatic heterocycles. The zero-order valence-electron chi connectivity index (χ0n) is 15.4. The molecule has 2 N–H and O–H groups in total. The first-order valence-corrected chi connectivity index (χ1v) is 9.44. The highest BCUT2D eigenvalue weighted by Crippen LogP contribution is 2.09. The highest BCUT2D eigenvalue weighted by atomic mass is 16.2. The SMILES string of the molecule is O=C(CC1NCCN(CCCc2ccccc2)C1=O)NCc1cccnc1. The van der Waals surface area contributed by atoms with Gasteiger partial charge >= 0.3 is 0 Å². The first-order chi connectivity index (χ1) is 13.2. The van der Waals surface area contributed by atoms with Gasteiger partial charge in [-0.1, -0.05) is 36.4 Å². The van der Waals surface area contributed by atoms with Crippen LogP contribution in [0.4, 0.5) is 0 Å². The monoisotopic (exact) mass is 366 g/mol. The van der Waals surface area contributed by atoms with Crippen LogP contribution in [0.1, 0.15) is 24.0 Å². The van der Waals surface area contributed by atoms with Crippen molar-refractivity contribution in [2.24, 2.45) is 0 Å². The standard InChI is InChI=1S/C21H26N4O2/c26-20(24-16-18-8-4-10-22-15-18)14-19-21(27)25(13-11-23-19)12-5-9-17-6-2-1-3-7-17/h1-4,6-8,10,15,19,23H,5,9,11-14,16H2,(H,24,26). The van der Waals surface area contributed by atoms with E-state index in [1.165, 1.54) is 5.56 Å². The van der Waals surface area contributed by atoms with E-state index in [2.05, 4.69) is 27.8 Å². The Labute approximate surface area is 160 Å². The molecule has 1 unspecified atom stereocenters. The Balaban J connectivity index is 1.42. The number of amides is 2. The number of benzene rings is 1. The number of rotatable bonds is 8. The number of carbonyl (C=O) groups excluding carboxylic acids is 2. The molecule has 1 aliphatic rings. The number of piperazine rings is 1. The number of aromatic nitrogens is 1. The van der Waals surface area contributed by atoms with Crippen LogP contribution in [0.15, 0.2) is 54.9 Å². The fourth-order valence-corrected chi connectivity index (χ4v) is 3.25. The first-order valence-electron chi connectivity index (χ1n) is 9.44. The molecule has 1 aromatic carbocycles. The highest BCUT2D eigenvalue weighted by Gasteiger charge is 2.29. The van der Waals surface area contributed by atoms with Gasteiger partial charge in [-0.3, -0.25) is 14.6 Å². The third-order valence-electron chi connectivity index (χ3n) is 4.72. The predicted molar refractivity (Wildman–Crippen MR) is 104 cm³/mol. The summed E-state index contributed by atoms with van der Waals surface area (Å²) in [7, 11) is 0. The van der Waals surface area contributed by atoms with Crippen LogP contribution < -0.4 is 10.6 Å². The molecule has 0 radical (unpaired) electrons. The summed E-state index contributed by atoms with van der Waals surface area (Å²) in [5.74, 6) is -0.110. The molecule has 142 valence electrons. The number of pyridine rings is 1. The Morgan fingerprint density at radius 3 is 2.78 bits per heavy atom. The number of aryl methyl sites for hydroxylation is 1. The molecule has 0 bridgehead atoms. The molecule has 2 aromatic rings. The number of carbonyl (C=O) groups is 2. The van der Waals surface area contributed by atoms with Crippen LogP contribution in [0.2, 0.25) is 0 Å². The molecule has 2 amide bonds. The van der Waals surface area contributed by atoms with Crippen molar-refractivity contribution in [1.82, 2.24) is 20.5 Å². The van der Waals surface area contributed by atoms with Crippen molar-refractivity contribution in [3.63, 3.8) is 0 Å². The van der Waals surface area contributed by atoms with Gasteiger partial charge in [-0.15, -0.1) is 0 Å². The normalized spacial score (nSPS) is 17.0. The zero-order valence-corrected chi connectivity index (χ0v) is 15.4. The van der Waals surface area contributed by atoms with Crippen LogP contribution in [-0.4, -0.2) is 47.4 Å². The molecule has 0 spiro atoms. The van der Waals surface area contributed by atoms with E-state index in [-0.39, 0.29) is 18.2 Å². The quantitative estimate of drug-likeness (QED) is 0.743. The summed E-state index contributed by atoms with van der Waals surface area (Å²) in [5.41, 5.74) is 2.22. The molecule has 1 fully saturated rings. The highest BCUT2D eigenvalue weighted by molar-refractivity contribution is 5.88. The van der Waals surface area contributed by atoms with E-state index >= 15 is 0 Å². The summed E-state index contributed by atoms with van der Waals surface area (Å²) in [6, 6.07) is 13.6. The summed E-state index contributed by atoms with van der Waals surface area (Å²) in [6.45, 7) is 2.57. The Hall–Kier alpha value is -2.73. The molecule has 1 atom stereocenters. The van der Waals surface area contributed by atoms with Gasteiger partial charge in [0, 0.05) is 38.6 Å². The van der Waals surface area contributed by atoms with Crippen LogP contribution in [0.3, 0.4) is 0 Å². The van der Waals surface area contributed by atoms with Crippen molar-refractivity contribution in [3.8, 4) is 0 Å². The summed E-state index contributed by atoms with van der Waals surface area (Å²) >= 11 is 0. The van der Waals surface area contributed by atoms with Gasteiger partial charge in [0.05, 0.1) is 12.5 Å². The van der Waals surface area contributed by atoms with Crippen molar-refractivity contribution in [1.29, 1.82) is 0 Å². The van der Waals surface area contributed by atoms with Crippen LogP contribution in [0.5, 0.6) is 0 Å². The maximum absolute atomic E-state index is 12.7. The summed E-state index contributed by atoms with van der Waals surface area (Å²) in [5, 5.41) is 6.03. The number of nitrogens with zero attached hydrogens (tertiary/aromatic N) is 2. The zero-order chi connectivity index (χ0) is 18.9.